The summed E-state index contributed by atoms with van der Waals surface area (Å²) in [5.74, 6) is -2.09. The fourth-order valence-electron chi connectivity index (χ4n) is 1.10. The van der Waals surface area contributed by atoms with Crippen molar-refractivity contribution in [1.82, 2.24) is 5.32 Å². The first kappa shape index (κ1) is 16.2. The van der Waals surface area contributed by atoms with Gasteiger partial charge in [0.25, 0.3) is 0 Å². The standard InChI is InChI=1S/C8H17NO.C2HF3O2/c1-7(2)6-10-8-3-4-9-5-8;3-2(4,5)1(6)7/h7-9H,3-6H2,1-2H3;(H,6,7)/t8-;/m0./s1. The van der Waals surface area contributed by atoms with Gasteiger partial charge in [-0.25, -0.2) is 4.79 Å². The maximum atomic E-state index is 10.6. The Morgan fingerprint density at radius 3 is 2.35 bits per heavy atom. The number of aliphatic carboxylic acids is 1. The summed E-state index contributed by atoms with van der Waals surface area (Å²) in [6.45, 7) is 7.45. The molecule has 17 heavy (non-hydrogen) atoms. The zero-order valence-corrected chi connectivity index (χ0v) is 9.88. The minimum absolute atomic E-state index is 0.488. The average molecular weight is 257 g/mol. The fourth-order valence-corrected chi connectivity index (χ4v) is 1.10. The van der Waals surface area contributed by atoms with E-state index in [0.29, 0.717) is 12.0 Å². The van der Waals surface area contributed by atoms with Crippen LogP contribution in [0.4, 0.5) is 13.2 Å². The molecule has 0 unspecified atom stereocenters. The third-order valence-corrected chi connectivity index (χ3v) is 1.92. The maximum Gasteiger partial charge on any atom is 0.490 e. The third-order valence-electron chi connectivity index (χ3n) is 1.92. The van der Waals surface area contributed by atoms with E-state index in [1.54, 1.807) is 0 Å². The smallest absolute Gasteiger partial charge is 0.475 e. The Morgan fingerprint density at radius 1 is 1.53 bits per heavy atom. The van der Waals surface area contributed by atoms with Gasteiger partial charge in [-0.1, -0.05) is 13.8 Å². The summed E-state index contributed by atoms with van der Waals surface area (Å²) in [6, 6.07) is 0. The Kier molecular flexibility index (Phi) is 7.13. The van der Waals surface area contributed by atoms with Gasteiger partial charge in [0, 0.05) is 13.2 Å². The molecule has 0 amide bonds. The minimum atomic E-state index is -5.08. The summed E-state index contributed by atoms with van der Waals surface area (Å²) < 4.78 is 37.3. The van der Waals surface area contributed by atoms with Gasteiger partial charge in [-0.15, -0.1) is 0 Å². The van der Waals surface area contributed by atoms with Gasteiger partial charge in [-0.05, 0) is 18.9 Å². The van der Waals surface area contributed by atoms with E-state index in [0.717, 1.165) is 19.7 Å². The predicted molar refractivity (Wildman–Crippen MR) is 55.8 cm³/mol. The Hall–Kier alpha value is -0.820. The van der Waals surface area contributed by atoms with Crippen LogP contribution in [-0.4, -0.2) is 43.1 Å². The molecule has 0 aliphatic carbocycles. The van der Waals surface area contributed by atoms with Crippen molar-refractivity contribution in [1.29, 1.82) is 0 Å². The molecule has 1 aliphatic heterocycles. The van der Waals surface area contributed by atoms with E-state index >= 15 is 0 Å². The lowest BCUT2D eigenvalue weighted by Gasteiger charge is -2.11. The summed E-state index contributed by atoms with van der Waals surface area (Å²) in [5.41, 5.74) is 0. The van der Waals surface area contributed by atoms with Gasteiger partial charge >= 0.3 is 12.1 Å². The monoisotopic (exact) mass is 257 g/mol. The Labute approximate surface area is 98.1 Å². The maximum absolute atomic E-state index is 10.6. The molecular formula is C10H18F3NO3. The first-order valence-corrected chi connectivity index (χ1v) is 5.36. The molecule has 2 N–H and O–H groups in total. The normalized spacial score (nSPS) is 20.0. The van der Waals surface area contributed by atoms with E-state index in [1.165, 1.54) is 6.42 Å². The lowest BCUT2D eigenvalue weighted by molar-refractivity contribution is -0.192. The number of ether oxygens (including phenoxy) is 1. The molecule has 1 fully saturated rings. The average Bonchev–Trinajstić information content (AvgIpc) is 2.66. The third kappa shape index (κ3) is 8.93. The number of hydrogen-bond donors (Lipinski definition) is 2. The number of halogens is 3. The number of carboxylic acids is 1. The summed E-state index contributed by atoms with van der Waals surface area (Å²) in [4.78, 5) is 8.90. The Bertz CT molecular complexity index is 225. The van der Waals surface area contributed by atoms with Crippen molar-refractivity contribution < 1.29 is 27.8 Å². The highest BCUT2D eigenvalue weighted by Gasteiger charge is 2.38. The van der Waals surface area contributed by atoms with E-state index in [2.05, 4.69) is 19.2 Å². The molecular weight excluding hydrogens is 239 g/mol. The molecule has 0 aromatic carbocycles. The van der Waals surface area contributed by atoms with E-state index < -0.39 is 12.1 Å². The molecule has 0 aromatic heterocycles. The SMILES string of the molecule is CC(C)CO[C@H]1CCNC1.O=C(O)C(F)(F)F. The molecule has 1 aliphatic rings. The largest absolute Gasteiger partial charge is 0.490 e. The molecule has 4 nitrogen and oxygen atoms in total. The quantitative estimate of drug-likeness (QED) is 0.807. The summed E-state index contributed by atoms with van der Waals surface area (Å²) in [5, 5.41) is 10.4. The van der Waals surface area contributed by atoms with Gasteiger partial charge in [-0.3, -0.25) is 0 Å². The summed E-state index contributed by atoms with van der Waals surface area (Å²) in [7, 11) is 0. The number of rotatable bonds is 3. The van der Waals surface area contributed by atoms with E-state index in [1.807, 2.05) is 0 Å². The first-order chi connectivity index (χ1) is 7.73. The highest BCUT2D eigenvalue weighted by atomic mass is 19.4. The molecule has 7 heteroatoms. The first-order valence-electron chi connectivity index (χ1n) is 5.36. The van der Waals surface area contributed by atoms with Crippen LogP contribution in [-0.2, 0) is 9.53 Å². The highest BCUT2D eigenvalue weighted by Crippen LogP contribution is 2.13. The van der Waals surface area contributed by atoms with Crippen molar-refractivity contribution in [2.45, 2.75) is 32.5 Å². The second-order valence-corrected chi connectivity index (χ2v) is 4.14. The molecule has 0 radical (unpaired) electrons. The molecule has 1 saturated heterocycles. The second kappa shape index (κ2) is 7.50. The van der Waals surface area contributed by atoms with Crippen LogP contribution < -0.4 is 5.32 Å². The molecule has 0 spiro atoms. The van der Waals surface area contributed by atoms with Crippen LogP contribution in [0, 0.1) is 5.92 Å². The summed E-state index contributed by atoms with van der Waals surface area (Å²) in [6.07, 6.45) is -3.41. The number of alkyl halides is 3. The fraction of sp³-hybridized carbons (Fsp3) is 0.900. The van der Waals surface area contributed by atoms with Crippen molar-refractivity contribution in [2.75, 3.05) is 19.7 Å². The molecule has 0 saturated carbocycles. The van der Waals surface area contributed by atoms with Crippen molar-refractivity contribution in [3.63, 3.8) is 0 Å². The van der Waals surface area contributed by atoms with Crippen molar-refractivity contribution in [2.24, 2.45) is 5.92 Å². The lowest BCUT2D eigenvalue weighted by atomic mass is 10.2. The second-order valence-electron chi connectivity index (χ2n) is 4.14. The highest BCUT2D eigenvalue weighted by molar-refractivity contribution is 5.73. The van der Waals surface area contributed by atoms with Gasteiger partial charge in [0.2, 0.25) is 0 Å². The molecule has 0 bridgehead atoms. The van der Waals surface area contributed by atoms with Crippen LogP contribution in [0.2, 0.25) is 0 Å². The number of hydrogen-bond acceptors (Lipinski definition) is 3. The van der Waals surface area contributed by atoms with Crippen LogP contribution in [0.15, 0.2) is 0 Å². The van der Waals surface area contributed by atoms with Crippen LogP contribution in [0.25, 0.3) is 0 Å². The number of nitrogens with one attached hydrogen (secondary N) is 1. The minimum Gasteiger partial charge on any atom is -0.475 e. The van der Waals surface area contributed by atoms with Crippen LogP contribution in [0.5, 0.6) is 0 Å². The number of carboxylic acid groups (broad SMARTS) is 1. The van der Waals surface area contributed by atoms with Gasteiger partial charge in [-0.2, -0.15) is 13.2 Å². The van der Waals surface area contributed by atoms with E-state index in [4.69, 9.17) is 14.6 Å². The van der Waals surface area contributed by atoms with Gasteiger partial charge in [0.05, 0.1) is 6.10 Å². The van der Waals surface area contributed by atoms with Crippen LogP contribution >= 0.6 is 0 Å². The van der Waals surface area contributed by atoms with Crippen molar-refractivity contribution in [3.05, 3.63) is 0 Å². The number of carbonyl (C=O) groups is 1. The lowest BCUT2D eigenvalue weighted by Crippen LogP contribution is -2.21. The molecule has 1 rings (SSSR count). The Morgan fingerprint density at radius 2 is 2.06 bits per heavy atom. The topological polar surface area (TPSA) is 58.6 Å². The predicted octanol–water partition coefficient (Wildman–Crippen LogP) is 1.65. The summed E-state index contributed by atoms with van der Waals surface area (Å²) >= 11 is 0. The van der Waals surface area contributed by atoms with Gasteiger partial charge in [0.1, 0.15) is 0 Å². The van der Waals surface area contributed by atoms with Crippen molar-refractivity contribution in [3.8, 4) is 0 Å². The Balaban J connectivity index is 0.000000325. The molecule has 1 heterocycles. The van der Waals surface area contributed by atoms with Crippen molar-refractivity contribution >= 4 is 5.97 Å². The van der Waals surface area contributed by atoms with Crippen LogP contribution in [0.1, 0.15) is 20.3 Å². The molecule has 0 aromatic rings. The van der Waals surface area contributed by atoms with Gasteiger partial charge < -0.3 is 15.2 Å². The van der Waals surface area contributed by atoms with Gasteiger partial charge in [0.15, 0.2) is 0 Å². The zero-order valence-electron chi connectivity index (χ0n) is 9.88. The van der Waals surface area contributed by atoms with Crippen LogP contribution in [0.3, 0.4) is 0 Å². The van der Waals surface area contributed by atoms with E-state index in [9.17, 15) is 13.2 Å². The van der Waals surface area contributed by atoms with E-state index in [-0.39, 0.29) is 0 Å². The zero-order chi connectivity index (χ0) is 13.5. The molecule has 1 atom stereocenters. The molecule has 102 valence electrons.